The molecule has 0 bridgehead atoms. The third-order valence-corrected chi connectivity index (χ3v) is 11.4. The van der Waals surface area contributed by atoms with E-state index in [-0.39, 0.29) is 0 Å². The molecule has 15 heavy (non-hydrogen) atoms. The first-order chi connectivity index (χ1) is 6.89. The fraction of sp³-hybridized carbons (Fsp3) is 0.714. The van der Waals surface area contributed by atoms with Crippen molar-refractivity contribution in [2.24, 2.45) is 0 Å². The highest BCUT2D eigenvalue weighted by Crippen LogP contribution is 2.44. The van der Waals surface area contributed by atoms with Gasteiger partial charge < -0.3 is 0 Å². The van der Waals surface area contributed by atoms with Crippen molar-refractivity contribution in [2.75, 3.05) is 0 Å². The molecule has 0 radical (unpaired) electrons. The summed E-state index contributed by atoms with van der Waals surface area (Å²) in [5, 5.41) is 0. The summed E-state index contributed by atoms with van der Waals surface area (Å²) in [5.74, 6) is 0. The van der Waals surface area contributed by atoms with Crippen molar-refractivity contribution in [3.8, 4) is 0 Å². The third kappa shape index (κ3) is 3.34. The summed E-state index contributed by atoms with van der Waals surface area (Å²) in [7, 11) is -1.20. The molecule has 0 nitrogen and oxygen atoms in total. The van der Waals surface area contributed by atoms with Gasteiger partial charge in [-0.15, -0.1) is 0 Å². The van der Waals surface area contributed by atoms with Crippen LogP contribution in [-0.2, 0) is 0 Å². The maximum Gasteiger partial charge on any atom is 0.0650 e. The van der Waals surface area contributed by atoms with Gasteiger partial charge in [-0.25, -0.2) is 0 Å². The number of allylic oxidation sites excluding steroid dienone is 3. The van der Waals surface area contributed by atoms with Crippen molar-refractivity contribution >= 4 is 8.07 Å². The molecule has 0 aliphatic carbocycles. The van der Waals surface area contributed by atoms with Crippen LogP contribution in [0.25, 0.3) is 0 Å². The van der Waals surface area contributed by atoms with Crippen molar-refractivity contribution in [2.45, 2.75) is 64.2 Å². The van der Waals surface area contributed by atoms with E-state index in [2.05, 4.69) is 60.3 Å². The largest absolute Gasteiger partial charge is 0.0991 e. The lowest BCUT2D eigenvalue weighted by molar-refractivity contribution is 0.811. The highest BCUT2D eigenvalue weighted by Gasteiger charge is 2.41. The molecular formula is C14H28Si. The fourth-order valence-electron chi connectivity index (χ4n) is 3.08. The van der Waals surface area contributed by atoms with Crippen molar-refractivity contribution < 1.29 is 0 Å². The Hall–Kier alpha value is -0.303. The molecule has 0 aromatic rings. The van der Waals surface area contributed by atoms with Crippen molar-refractivity contribution in [3.05, 3.63) is 24.8 Å². The molecule has 0 heterocycles. The molecule has 0 aliphatic rings. The zero-order chi connectivity index (χ0) is 12.1. The fourth-order valence-corrected chi connectivity index (χ4v) is 9.03. The second-order valence-corrected chi connectivity index (χ2v) is 11.5. The Balaban J connectivity index is 4.96. The average Bonchev–Trinajstić information content (AvgIpc) is 2.10. The zero-order valence-corrected chi connectivity index (χ0v) is 12.4. The molecular weight excluding hydrogens is 196 g/mol. The SMILES string of the molecule is C=C/C=C/C[Si](C(C)C)(C(C)C)C(C)C. The number of hydrogen-bond donors (Lipinski definition) is 0. The average molecular weight is 224 g/mol. The van der Waals surface area contributed by atoms with Crippen LogP contribution in [0, 0.1) is 0 Å². The molecule has 1 heteroatoms. The van der Waals surface area contributed by atoms with Crippen LogP contribution in [0.15, 0.2) is 24.8 Å². The lowest BCUT2D eigenvalue weighted by atomic mass is 10.5. The van der Waals surface area contributed by atoms with Crippen LogP contribution in [-0.4, -0.2) is 8.07 Å². The van der Waals surface area contributed by atoms with Gasteiger partial charge in [-0.2, -0.15) is 0 Å². The Labute approximate surface area is 97.5 Å². The zero-order valence-electron chi connectivity index (χ0n) is 11.4. The van der Waals surface area contributed by atoms with Gasteiger partial charge in [0, 0.05) is 0 Å². The number of rotatable bonds is 6. The first-order valence-corrected chi connectivity index (χ1v) is 8.61. The number of hydrogen-bond acceptors (Lipinski definition) is 0. The molecule has 0 aromatic carbocycles. The lowest BCUT2D eigenvalue weighted by Gasteiger charge is -2.42. The van der Waals surface area contributed by atoms with Gasteiger partial charge in [0.15, 0.2) is 0 Å². The van der Waals surface area contributed by atoms with Crippen LogP contribution < -0.4 is 0 Å². The van der Waals surface area contributed by atoms with E-state index < -0.39 is 8.07 Å². The van der Waals surface area contributed by atoms with Gasteiger partial charge in [0.25, 0.3) is 0 Å². The quantitative estimate of drug-likeness (QED) is 0.418. The molecule has 0 aromatic heterocycles. The minimum Gasteiger partial charge on any atom is -0.0991 e. The van der Waals surface area contributed by atoms with E-state index in [4.69, 9.17) is 0 Å². The molecule has 0 N–H and O–H groups in total. The van der Waals surface area contributed by atoms with Crippen molar-refractivity contribution in [3.63, 3.8) is 0 Å². The van der Waals surface area contributed by atoms with Crippen LogP contribution in [0.3, 0.4) is 0 Å². The molecule has 0 unspecified atom stereocenters. The molecule has 0 aliphatic heterocycles. The van der Waals surface area contributed by atoms with Gasteiger partial charge >= 0.3 is 0 Å². The third-order valence-electron chi connectivity index (χ3n) is 3.97. The Morgan fingerprint density at radius 2 is 1.33 bits per heavy atom. The van der Waals surface area contributed by atoms with E-state index in [9.17, 15) is 0 Å². The maximum atomic E-state index is 3.74. The van der Waals surface area contributed by atoms with Crippen LogP contribution in [0.1, 0.15) is 41.5 Å². The minimum absolute atomic E-state index is 0.854. The lowest BCUT2D eigenvalue weighted by Crippen LogP contribution is -2.43. The normalized spacial score (nSPS) is 13.4. The molecule has 0 saturated heterocycles. The summed E-state index contributed by atoms with van der Waals surface area (Å²) in [6, 6.07) is 1.30. The molecule has 0 amide bonds. The second kappa shape index (κ2) is 6.32. The first kappa shape index (κ1) is 14.7. The van der Waals surface area contributed by atoms with Crippen LogP contribution in [0.5, 0.6) is 0 Å². The van der Waals surface area contributed by atoms with E-state index in [1.54, 1.807) is 0 Å². The van der Waals surface area contributed by atoms with Gasteiger partial charge in [0.2, 0.25) is 0 Å². The Morgan fingerprint density at radius 3 is 1.60 bits per heavy atom. The highest BCUT2D eigenvalue weighted by atomic mass is 28.3. The summed E-state index contributed by atoms with van der Waals surface area (Å²) in [4.78, 5) is 0. The van der Waals surface area contributed by atoms with E-state index >= 15 is 0 Å². The predicted molar refractivity (Wildman–Crippen MR) is 75.2 cm³/mol. The van der Waals surface area contributed by atoms with Crippen LogP contribution in [0.4, 0.5) is 0 Å². The first-order valence-electron chi connectivity index (χ1n) is 6.17. The summed E-state index contributed by atoms with van der Waals surface area (Å²) < 4.78 is 0. The van der Waals surface area contributed by atoms with Gasteiger partial charge in [-0.1, -0.05) is 83.0 Å². The predicted octanol–water partition coefficient (Wildman–Crippen LogP) is 5.41. The molecule has 0 saturated carbocycles. The van der Waals surface area contributed by atoms with E-state index in [1.165, 1.54) is 6.04 Å². The van der Waals surface area contributed by atoms with Gasteiger partial charge in [0.1, 0.15) is 0 Å². The molecule has 0 fully saturated rings. The van der Waals surface area contributed by atoms with Crippen molar-refractivity contribution in [1.82, 2.24) is 0 Å². The molecule has 88 valence electrons. The molecule has 0 rings (SSSR count). The van der Waals surface area contributed by atoms with E-state index in [0.29, 0.717) is 0 Å². The molecule has 0 atom stereocenters. The highest BCUT2D eigenvalue weighted by molar-refractivity contribution is 6.83. The summed E-state index contributed by atoms with van der Waals surface area (Å²) in [6.45, 7) is 18.2. The Kier molecular flexibility index (Phi) is 6.19. The summed E-state index contributed by atoms with van der Waals surface area (Å²) in [6.07, 6.45) is 6.33. The topological polar surface area (TPSA) is 0 Å². The standard InChI is InChI=1S/C14H28Si/c1-8-9-10-11-15(12(2)3,13(4)5)14(6)7/h8-10,12-14H,1,11H2,2-7H3/b10-9+. The van der Waals surface area contributed by atoms with E-state index in [0.717, 1.165) is 16.6 Å². The smallest absolute Gasteiger partial charge is 0.0650 e. The maximum absolute atomic E-state index is 3.74. The Bertz CT molecular complexity index is 190. The van der Waals surface area contributed by atoms with Gasteiger partial charge in [-0.3, -0.25) is 0 Å². The molecule has 0 spiro atoms. The van der Waals surface area contributed by atoms with Crippen LogP contribution in [0.2, 0.25) is 22.7 Å². The van der Waals surface area contributed by atoms with E-state index in [1.807, 2.05) is 6.08 Å². The van der Waals surface area contributed by atoms with Crippen LogP contribution >= 0.6 is 0 Å². The second-order valence-electron chi connectivity index (χ2n) is 5.44. The summed E-state index contributed by atoms with van der Waals surface area (Å²) >= 11 is 0. The Morgan fingerprint density at radius 1 is 0.933 bits per heavy atom. The van der Waals surface area contributed by atoms with Gasteiger partial charge in [0.05, 0.1) is 8.07 Å². The minimum atomic E-state index is -1.20. The summed E-state index contributed by atoms with van der Waals surface area (Å²) in [5.41, 5.74) is 2.56. The monoisotopic (exact) mass is 224 g/mol. The van der Waals surface area contributed by atoms with Crippen molar-refractivity contribution in [1.29, 1.82) is 0 Å². The van der Waals surface area contributed by atoms with Gasteiger partial charge in [-0.05, 0) is 6.04 Å².